The number of thiophene rings is 1. The van der Waals surface area contributed by atoms with Gasteiger partial charge in [-0.25, -0.2) is 0 Å². The van der Waals surface area contributed by atoms with Crippen LogP contribution in [0.5, 0.6) is 0 Å². The van der Waals surface area contributed by atoms with Crippen molar-refractivity contribution < 1.29 is 4.79 Å². The van der Waals surface area contributed by atoms with Gasteiger partial charge in [0.1, 0.15) is 0 Å². The fourth-order valence-electron chi connectivity index (χ4n) is 0.634. The third kappa shape index (κ3) is 1.67. The molecule has 1 unspecified atom stereocenters. The van der Waals surface area contributed by atoms with E-state index in [1.165, 1.54) is 0 Å². The highest BCUT2D eigenvalue weighted by Gasteiger charge is 2.10. The van der Waals surface area contributed by atoms with E-state index in [1.807, 2.05) is 23.8 Å². The summed E-state index contributed by atoms with van der Waals surface area (Å²) >= 11 is 4.76. The fraction of sp³-hybridized carbons (Fsp3) is 0.286. The second kappa shape index (κ2) is 3.30. The highest BCUT2D eigenvalue weighted by atomic mass is 79.9. The van der Waals surface area contributed by atoms with Crippen molar-refractivity contribution in [2.24, 2.45) is 0 Å². The number of alkyl halides is 1. The number of hydrogen-bond acceptors (Lipinski definition) is 2. The zero-order valence-corrected chi connectivity index (χ0v) is 7.91. The van der Waals surface area contributed by atoms with E-state index in [0.29, 0.717) is 0 Å². The molecule has 1 rings (SSSR count). The van der Waals surface area contributed by atoms with Crippen molar-refractivity contribution in [3.63, 3.8) is 0 Å². The van der Waals surface area contributed by atoms with Crippen LogP contribution in [0, 0.1) is 0 Å². The largest absolute Gasteiger partial charge is 0.293 e. The Morgan fingerprint density at radius 2 is 2.50 bits per heavy atom. The molecule has 1 heterocycles. The molecule has 3 heteroatoms. The number of ketones is 1. The smallest absolute Gasteiger partial charge is 0.177 e. The van der Waals surface area contributed by atoms with E-state index in [0.717, 1.165) is 5.56 Å². The summed E-state index contributed by atoms with van der Waals surface area (Å²) in [6.45, 7) is 1.83. The minimum absolute atomic E-state index is 0.0675. The third-order valence-electron chi connectivity index (χ3n) is 1.17. The maximum atomic E-state index is 11.2. The van der Waals surface area contributed by atoms with Crippen LogP contribution in [0.2, 0.25) is 0 Å². The predicted molar refractivity (Wildman–Crippen MR) is 47.0 cm³/mol. The molecule has 1 aromatic rings. The molecule has 0 aliphatic carbocycles. The van der Waals surface area contributed by atoms with Crippen molar-refractivity contribution in [3.8, 4) is 0 Å². The van der Waals surface area contributed by atoms with Gasteiger partial charge in [-0.15, -0.1) is 0 Å². The van der Waals surface area contributed by atoms with Gasteiger partial charge in [0.15, 0.2) is 5.78 Å². The summed E-state index contributed by atoms with van der Waals surface area (Å²) in [6.07, 6.45) is 0. The summed E-state index contributed by atoms with van der Waals surface area (Å²) in [6, 6.07) is 1.84. The monoisotopic (exact) mass is 218 g/mol. The Labute approximate surface area is 72.2 Å². The van der Waals surface area contributed by atoms with Gasteiger partial charge in [-0.1, -0.05) is 15.9 Å². The van der Waals surface area contributed by atoms with Crippen molar-refractivity contribution in [2.45, 2.75) is 11.8 Å². The third-order valence-corrected chi connectivity index (χ3v) is 2.27. The van der Waals surface area contributed by atoms with Gasteiger partial charge in [-0.05, 0) is 18.4 Å². The number of carbonyl (C=O) groups excluding carboxylic acids is 1. The first kappa shape index (κ1) is 7.95. The molecule has 0 spiro atoms. The van der Waals surface area contributed by atoms with Crippen LogP contribution in [-0.2, 0) is 0 Å². The van der Waals surface area contributed by atoms with Gasteiger partial charge in [0.25, 0.3) is 0 Å². The Balaban J connectivity index is 2.78. The second-order valence-electron chi connectivity index (χ2n) is 1.99. The standard InChI is InChI=1S/C7H7BrOS/c1-5(8)7(9)6-2-3-10-4-6/h2-5H,1H3. The van der Waals surface area contributed by atoms with E-state index in [9.17, 15) is 4.79 Å². The van der Waals surface area contributed by atoms with Crippen LogP contribution in [0.25, 0.3) is 0 Å². The lowest BCUT2D eigenvalue weighted by Gasteiger charge is -1.96. The van der Waals surface area contributed by atoms with Crippen molar-refractivity contribution in [2.75, 3.05) is 0 Å². The van der Waals surface area contributed by atoms with E-state index >= 15 is 0 Å². The first-order valence-corrected chi connectivity index (χ1v) is 4.78. The van der Waals surface area contributed by atoms with Gasteiger partial charge >= 0.3 is 0 Å². The highest BCUT2D eigenvalue weighted by Crippen LogP contribution is 2.12. The molecule has 0 saturated heterocycles. The molecule has 0 N–H and O–H groups in total. The summed E-state index contributed by atoms with van der Waals surface area (Å²) in [5, 5.41) is 3.77. The molecule has 0 aromatic carbocycles. The molecular weight excluding hydrogens is 212 g/mol. The summed E-state index contributed by atoms with van der Waals surface area (Å²) in [5.74, 6) is 0.154. The average Bonchev–Trinajstić information content (AvgIpc) is 2.36. The maximum absolute atomic E-state index is 11.2. The minimum atomic E-state index is -0.0675. The van der Waals surface area contributed by atoms with Crippen molar-refractivity contribution in [1.29, 1.82) is 0 Å². The van der Waals surface area contributed by atoms with Crippen LogP contribution in [0.3, 0.4) is 0 Å². The second-order valence-corrected chi connectivity index (χ2v) is 4.15. The quantitative estimate of drug-likeness (QED) is 0.552. The van der Waals surface area contributed by atoms with Crippen molar-refractivity contribution in [1.82, 2.24) is 0 Å². The maximum Gasteiger partial charge on any atom is 0.177 e. The average molecular weight is 219 g/mol. The lowest BCUT2D eigenvalue weighted by molar-refractivity contribution is 0.0996. The molecular formula is C7H7BrOS. The molecule has 0 saturated carbocycles. The number of Topliss-reactive ketones (excluding diaryl/α,β-unsaturated/α-hetero) is 1. The summed E-state index contributed by atoms with van der Waals surface area (Å²) in [7, 11) is 0. The molecule has 0 aliphatic heterocycles. The molecule has 54 valence electrons. The topological polar surface area (TPSA) is 17.1 Å². The van der Waals surface area contributed by atoms with E-state index < -0.39 is 0 Å². The Kier molecular flexibility index (Phi) is 2.63. The predicted octanol–water partition coefficient (Wildman–Crippen LogP) is 2.71. The van der Waals surface area contributed by atoms with Gasteiger partial charge in [0.2, 0.25) is 0 Å². The number of hydrogen-bond donors (Lipinski definition) is 0. The van der Waals surface area contributed by atoms with Gasteiger partial charge in [0, 0.05) is 10.9 Å². The Bertz CT molecular complexity index is 216. The number of carbonyl (C=O) groups is 1. The van der Waals surface area contributed by atoms with Gasteiger partial charge < -0.3 is 0 Å². The normalized spacial score (nSPS) is 13.0. The van der Waals surface area contributed by atoms with Crippen LogP contribution in [0.4, 0.5) is 0 Å². The highest BCUT2D eigenvalue weighted by molar-refractivity contribution is 9.10. The van der Waals surface area contributed by atoms with Crippen molar-refractivity contribution in [3.05, 3.63) is 22.4 Å². The van der Waals surface area contributed by atoms with Gasteiger partial charge in [0.05, 0.1) is 4.83 Å². The first-order chi connectivity index (χ1) is 4.72. The SMILES string of the molecule is CC(Br)C(=O)c1ccsc1. The molecule has 0 aliphatic rings. The Morgan fingerprint density at radius 3 is 2.90 bits per heavy atom. The van der Waals surface area contributed by atoms with Gasteiger partial charge in [-0.3, -0.25) is 4.79 Å². The van der Waals surface area contributed by atoms with Gasteiger partial charge in [-0.2, -0.15) is 11.3 Å². The molecule has 10 heavy (non-hydrogen) atoms. The minimum Gasteiger partial charge on any atom is -0.293 e. The summed E-state index contributed by atoms with van der Waals surface area (Å²) in [5.41, 5.74) is 0.800. The molecule has 0 fully saturated rings. The Morgan fingerprint density at radius 1 is 1.80 bits per heavy atom. The molecule has 0 radical (unpaired) electrons. The van der Waals surface area contributed by atoms with E-state index in [4.69, 9.17) is 0 Å². The summed E-state index contributed by atoms with van der Waals surface area (Å²) in [4.78, 5) is 11.1. The van der Waals surface area contributed by atoms with Crippen LogP contribution < -0.4 is 0 Å². The lowest BCUT2D eigenvalue weighted by atomic mass is 10.2. The van der Waals surface area contributed by atoms with Crippen LogP contribution in [-0.4, -0.2) is 10.6 Å². The van der Waals surface area contributed by atoms with Crippen LogP contribution in [0.15, 0.2) is 16.8 Å². The molecule has 1 nitrogen and oxygen atoms in total. The molecule has 0 bridgehead atoms. The van der Waals surface area contributed by atoms with Crippen molar-refractivity contribution >= 4 is 33.0 Å². The molecule has 0 amide bonds. The zero-order chi connectivity index (χ0) is 7.56. The van der Waals surface area contributed by atoms with E-state index in [1.54, 1.807) is 11.3 Å². The lowest BCUT2D eigenvalue weighted by Crippen LogP contribution is -2.08. The zero-order valence-electron chi connectivity index (χ0n) is 5.50. The first-order valence-electron chi connectivity index (χ1n) is 2.92. The van der Waals surface area contributed by atoms with Crippen LogP contribution >= 0.6 is 27.3 Å². The summed E-state index contributed by atoms with van der Waals surface area (Å²) < 4.78 is 0. The fourth-order valence-corrected chi connectivity index (χ4v) is 1.54. The van der Waals surface area contributed by atoms with Crippen LogP contribution in [0.1, 0.15) is 17.3 Å². The van der Waals surface area contributed by atoms with E-state index in [2.05, 4.69) is 15.9 Å². The molecule has 1 atom stereocenters. The van der Waals surface area contributed by atoms with E-state index in [-0.39, 0.29) is 10.6 Å². The Hall–Kier alpha value is -0.150. The number of rotatable bonds is 2. The molecule has 1 aromatic heterocycles. The number of halogens is 1.